The van der Waals surface area contributed by atoms with Crippen LogP contribution in [0.15, 0.2) is 42.5 Å². The predicted molar refractivity (Wildman–Crippen MR) is 132 cm³/mol. The smallest absolute Gasteiger partial charge is 0.416 e. The quantitative estimate of drug-likeness (QED) is 0.393. The maximum Gasteiger partial charge on any atom is 0.416 e. The van der Waals surface area contributed by atoms with Gasteiger partial charge in [0.05, 0.1) is 27.4 Å². The Morgan fingerprint density at radius 3 is 2.32 bits per heavy atom. The van der Waals surface area contributed by atoms with Gasteiger partial charge in [-0.2, -0.15) is 13.2 Å². The van der Waals surface area contributed by atoms with Crippen molar-refractivity contribution in [2.45, 2.75) is 52.3 Å². The summed E-state index contributed by atoms with van der Waals surface area (Å²) in [6.07, 6.45) is -2.15. The molecule has 0 aromatic heterocycles. The Morgan fingerprint density at radius 2 is 1.70 bits per heavy atom. The fourth-order valence-electron chi connectivity index (χ4n) is 4.48. The summed E-state index contributed by atoms with van der Waals surface area (Å²) < 4.78 is 49.7. The third kappa shape index (κ3) is 7.47. The number of carbonyl (C=O) groups excluding carboxylic acids is 3. The van der Waals surface area contributed by atoms with E-state index in [1.54, 1.807) is 6.07 Å². The number of hydrogen-bond donors (Lipinski definition) is 1. The van der Waals surface area contributed by atoms with Gasteiger partial charge in [-0.25, -0.2) is 9.59 Å². The maximum absolute atomic E-state index is 13.0. The van der Waals surface area contributed by atoms with E-state index in [0.717, 1.165) is 31.4 Å². The van der Waals surface area contributed by atoms with Gasteiger partial charge in [-0.05, 0) is 60.9 Å². The summed E-state index contributed by atoms with van der Waals surface area (Å²) in [7, 11) is 0. The number of anilines is 1. The number of amides is 1. The molecular weight excluding hydrogens is 511 g/mol. The Hall–Kier alpha value is -3.07. The van der Waals surface area contributed by atoms with E-state index >= 15 is 0 Å². The highest BCUT2D eigenvalue weighted by atomic mass is 35.5. The standard InChI is InChI=1S/C27H29ClF3NO5/c1-15(2)18-10-8-16(3)12-23(18)37-26(35)20-7-5-4-6-19(20)25(34)36-14-24(33)32-22-13-17(27(29,30)31)9-11-21(22)28/h4-7,9,11,13,15-16,18,23H,8,10,12,14H2,1-3H3,(H,32,33)/t16-,18-,23+/m1/s1. The molecule has 1 amide bonds. The van der Waals surface area contributed by atoms with Crippen molar-refractivity contribution in [1.29, 1.82) is 0 Å². The molecule has 0 spiro atoms. The van der Waals surface area contributed by atoms with Crippen LogP contribution in [0, 0.1) is 17.8 Å². The van der Waals surface area contributed by atoms with Crippen LogP contribution in [0.25, 0.3) is 0 Å². The second-order valence-corrected chi connectivity index (χ2v) is 10.0. The summed E-state index contributed by atoms with van der Waals surface area (Å²) in [5.41, 5.74) is -1.34. The van der Waals surface area contributed by atoms with Crippen molar-refractivity contribution in [2.24, 2.45) is 17.8 Å². The van der Waals surface area contributed by atoms with Crippen molar-refractivity contribution in [3.8, 4) is 0 Å². The third-order valence-corrected chi connectivity index (χ3v) is 6.82. The molecule has 3 rings (SSSR count). The fourth-order valence-corrected chi connectivity index (χ4v) is 4.65. The first-order valence-electron chi connectivity index (χ1n) is 12.0. The first-order valence-corrected chi connectivity index (χ1v) is 12.4. The monoisotopic (exact) mass is 539 g/mol. The van der Waals surface area contributed by atoms with Gasteiger partial charge < -0.3 is 14.8 Å². The van der Waals surface area contributed by atoms with Crippen molar-refractivity contribution in [2.75, 3.05) is 11.9 Å². The van der Waals surface area contributed by atoms with Gasteiger partial charge in [-0.15, -0.1) is 0 Å². The number of halogens is 4. The average Bonchev–Trinajstić information content (AvgIpc) is 2.83. The molecular formula is C27H29ClF3NO5. The number of rotatable bonds is 7. The summed E-state index contributed by atoms with van der Waals surface area (Å²) in [4.78, 5) is 38.0. The molecule has 0 radical (unpaired) electrons. The van der Waals surface area contributed by atoms with Crippen LogP contribution in [0.3, 0.4) is 0 Å². The highest BCUT2D eigenvalue weighted by Gasteiger charge is 2.34. The Labute approximate surface area is 218 Å². The molecule has 37 heavy (non-hydrogen) atoms. The van der Waals surface area contributed by atoms with Gasteiger partial charge in [0.1, 0.15) is 6.10 Å². The van der Waals surface area contributed by atoms with Crippen LogP contribution in [0.5, 0.6) is 0 Å². The second kappa shape index (κ2) is 12.0. The fraction of sp³-hybridized carbons (Fsp3) is 0.444. The van der Waals surface area contributed by atoms with Crippen molar-refractivity contribution in [3.63, 3.8) is 0 Å². The van der Waals surface area contributed by atoms with E-state index in [-0.39, 0.29) is 33.9 Å². The Balaban J connectivity index is 1.66. The van der Waals surface area contributed by atoms with E-state index in [9.17, 15) is 27.6 Å². The molecule has 2 aromatic carbocycles. The van der Waals surface area contributed by atoms with Gasteiger partial charge in [0.15, 0.2) is 6.61 Å². The number of alkyl halides is 3. The highest BCUT2D eigenvalue weighted by Crippen LogP contribution is 2.36. The summed E-state index contributed by atoms with van der Waals surface area (Å²) in [6.45, 7) is 5.49. The third-order valence-electron chi connectivity index (χ3n) is 6.49. The minimum atomic E-state index is -4.63. The number of esters is 2. The van der Waals surface area contributed by atoms with Crippen LogP contribution in [0.2, 0.25) is 5.02 Å². The second-order valence-electron chi connectivity index (χ2n) is 9.63. The Bertz CT molecular complexity index is 1150. The van der Waals surface area contributed by atoms with E-state index in [0.29, 0.717) is 17.9 Å². The highest BCUT2D eigenvalue weighted by molar-refractivity contribution is 6.33. The molecule has 0 bridgehead atoms. The van der Waals surface area contributed by atoms with Gasteiger partial charge in [0.2, 0.25) is 0 Å². The molecule has 0 unspecified atom stereocenters. The summed E-state index contributed by atoms with van der Waals surface area (Å²) in [5.74, 6) is -1.55. The van der Waals surface area contributed by atoms with E-state index in [4.69, 9.17) is 21.1 Å². The lowest BCUT2D eigenvalue weighted by Crippen LogP contribution is -2.36. The summed E-state index contributed by atoms with van der Waals surface area (Å²) in [5, 5.41) is 2.09. The van der Waals surface area contributed by atoms with Crippen LogP contribution in [0.4, 0.5) is 18.9 Å². The zero-order valence-electron chi connectivity index (χ0n) is 20.7. The number of benzene rings is 2. The van der Waals surface area contributed by atoms with E-state index in [1.807, 2.05) is 0 Å². The maximum atomic E-state index is 13.0. The zero-order chi connectivity index (χ0) is 27.3. The number of nitrogens with one attached hydrogen (secondary N) is 1. The van der Waals surface area contributed by atoms with Crippen molar-refractivity contribution in [3.05, 3.63) is 64.2 Å². The number of carbonyl (C=O) groups is 3. The van der Waals surface area contributed by atoms with Crippen LogP contribution in [0.1, 0.15) is 66.3 Å². The minimum Gasteiger partial charge on any atom is -0.458 e. The van der Waals surface area contributed by atoms with Gasteiger partial charge in [0, 0.05) is 0 Å². The molecule has 1 fully saturated rings. The predicted octanol–water partition coefficient (Wildman–Crippen LogP) is 6.77. The van der Waals surface area contributed by atoms with Gasteiger partial charge >= 0.3 is 18.1 Å². The Kier molecular flexibility index (Phi) is 9.23. The molecule has 1 saturated carbocycles. The van der Waals surface area contributed by atoms with Crippen LogP contribution in [-0.2, 0) is 20.4 Å². The molecule has 3 atom stereocenters. The van der Waals surface area contributed by atoms with E-state index in [1.165, 1.54) is 18.2 Å². The zero-order valence-corrected chi connectivity index (χ0v) is 21.5. The van der Waals surface area contributed by atoms with Gasteiger partial charge in [-0.1, -0.05) is 50.9 Å². The molecule has 0 saturated heterocycles. The molecule has 1 N–H and O–H groups in total. The van der Waals surface area contributed by atoms with Crippen LogP contribution < -0.4 is 5.32 Å². The van der Waals surface area contributed by atoms with Gasteiger partial charge in [-0.3, -0.25) is 4.79 Å². The molecule has 0 aliphatic heterocycles. The first kappa shape index (κ1) is 28.5. The van der Waals surface area contributed by atoms with E-state index in [2.05, 4.69) is 26.1 Å². The minimum absolute atomic E-state index is 0.00886. The lowest BCUT2D eigenvalue weighted by molar-refractivity contribution is -0.137. The number of ether oxygens (including phenoxy) is 2. The molecule has 1 aliphatic rings. The Morgan fingerprint density at radius 1 is 1.05 bits per heavy atom. The van der Waals surface area contributed by atoms with Crippen molar-refractivity contribution >= 4 is 35.1 Å². The number of hydrogen-bond acceptors (Lipinski definition) is 5. The molecule has 2 aromatic rings. The molecule has 6 nitrogen and oxygen atoms in total. The van der Waals surface area contributed by atoms with Crippen molar-refractivity contribution < 1.29 is 37.0 Å². The normalized spacial score (nSPS) is 19.8. The summed E-state index contributed by atoms with van der Waals surface area (Å²) in [6, 6.07) is 8.41. The van der Waals surface area contributed by atoms with Gasteiger partial charge in [0.25, 0.3) is 5.91 Å². The first-order chi connectivity index (χ1) is 17.4. The summed E-state index contributed by atoms with van der Waals surface area (Å²) >= 11 is 5.88. The lowest BCUT2D eigenvalue weighted by Gasteiger charge is -2.36. The van der Waals surface area contributed by atoms with Crippen molar-refractivity contribution in [1.82, 2.24) is 0 Å². The van der Waals surface area contributed by atoms with E-state index < -0.39 is 36.2 Å². The van der Waals surface area contributed by atoms with Crippen LogP contribution in [-0.4, -0.2) is 30.6 Å². The molecule has 10 heteroatoms. The van der Waals surface area contributed by atoms with Crippen LogP contribution >= 0.6 is 11.6 Å². The molecule has 0 heterocycles. The lowest BCUT2D eigenvalue weighted by atomic mass is 9.75. The SMILES string of the molecule is CC(C)[C@H]1CC[C@@H](C)C[C@@H]1OC(=O)c1ccccc1C(=O)OCC(=O)Nc1cc(C(F)(F)F)ccc1Cl. The topological polar surface area (TPSA) is 81.7 Å². The molecule has 1 aliphatic carbocycles. The average molecular weight is 540 g/mol. The largest absolute Gasteiger partial charge is 0.458 e. The molecule has 200 valence electrons.